The molecule has 86 valence electrons. The Hall–Kier alpha value is -1.31. The number of benzene rings is 2. The lowest BCUT2D eigenvalue weighted by Gasteiger charge is -2.21. The molecular formula is C15H14ClN. The van der Waals surface area contributed by atoms with E-state index in [2.05, 4.69) is 29.6 Å². The topological polar surface area (TPSA) is 12.0 Å². The molecule has 1 N–H and O–H groups in total. The van der Waals surface area contributed by atoms with Crippen LogP contribution >= 0.6 is 11.6 Å². The first-order chi connectivity index (χ1) is 8.36. The van der Waals surface area contributed by atoms with Crippen molar-refractivity contribution in [1.82, 2.24) is 5.32 Å². The van der Waals surface area contributed by atoms with Gasteiger partial charge in [-0.05, 0) is 35.7 Å². The maximum Gasteiger partial charge on any atom is 0.0484 e. The van der Waals surface area contributed by atoms with Crippen molar-refractivity contribution < 1.29 is 0 Å². The summed E-state index contributed by atoms with van der Waals surface area (Å²) >= 11 is 6.28. The Labute approximate surface area is 106 Å². The average Bonchev–Trinajstić information content (AvgIpc) is 2.39. The highest BCUT2D eigenvalue weighted by Crippen LogP contribution is 2.32. The normalized spacial score (nSPS) is 14.4. The molecule has 2 aromatic rings. The Balaban J connectivity index is 2.18. The minimum atomic E-state index is 0.825. The monoisotopic (exact) mass is 243 g/mol. The smallest absolute Gasteiger partial charge is 0.0484 e. The van der Waals surface area contributed by atoms with E-state index in [1.807, 2.05) is 18.2 Å². The van der Waals surface area contributed by atoms with Gasteiger partial charge in [0.15, 0.2) is 0 Å². The molecule has 0 saturated heterocycles. The van der Waals surface area contributed by atoms with Gasteiger partial charge in [-0.25, -0.2) is 0 Å². The van der Waals surface area contributed by atoms with Crippen molar-refractivity contribution >= 4 is 11.6 Å². The number of halogens is 1. The van der Waals surface area contributed by atoms with Crippen molar-refractivity contribution in [3.05, 3.63) is 58.6 Å². The lowest BCUT2D eigenvalue weighted by atomic mass is 9.92. The molecular weight excluding hydrogens is 230 g/mol. The van der Waals surface area contributed by atoms with Crippen LogP contribution in [0.5, 0.6) is 0 Å². The van der Waals surface area contributed by atoms with Crippen molar-refractivity contribution in [2.75, 3.05) is 6.54 Å². The molecule has 0 atom stereocenters. The van der Waals surface area contributed by atoms with Gasteiger partial charge in [0.1, 0.15) is 0 Å². The van der Waals surface area contributed by atoms with E-state index in [1.54, 1.807) is 0 Å². The van der Waals surface area contributed by atoms with Gasteiger partial charge in [0.25, 0.3) is 0 Å². The molecule has 0 bridgehead atoms. The van der Waals surface area contributed by atoms with Crippen molar-refractivity contribution in [2.45, 2.75) is 13.0 Å². The molecule has 1 heterocycles. The lowest BCUT2D eigenvalue weighted by Crippen LogP contribution is -2.24. The predicted octanol–water partition coefficient (Wildman–Crippen LogP) is 3.65. The fraction of sp³-hybridized carbons (Fsp3) is 0.200. The number of hydrogen-bond donors (Lipinski definition) is 1. The molecule has 1 nitrogen and oxygen atoms in total. The van der Waals surface area contributed by atoms with Crippen LogP contribution < -0.4 is 5.32 Å². The van der Waals surface area contributed by atoms with Gasteiger partial charge < -0.3 is 5.32 Å². The van der Waals surface area contributed by atoms with Gasteiger partial charge in [-0.3, -0.25) is 0 Å². The Morgan fingerprint density at radius 1 is 0.941 bits per heavy atom. The maximum atomic E-state index is 6.28. The van der Waals surface area contributed by atoms with Crippen LogP contribution in [0.2, 0.25) is 5.02 Å². The van der Waals surface area contributed by atoms with E-state index in [1.165, 1.54) is 16.7 Å². The van der Waals surface area contributed by atoms with Gasteiger partial charge in [-0.1, -0.05) is 48.0 Å². The second kappa shape index (κ2) is 4.52. The zero-order chi connectivity index (χ0) is 11.7. The molecule has 17 heavy (non-hydrogen) atoms. The van der Waals surface area contributed by atoms with E-state index in [0.717, 1.165) is 30.1 Å². The van der Waals surface area contributed by atoms with E-state index in [0.29, 0.717) is 0 Å². The van der Waals surface area contributed by atoms with Crippen molar-refractivity contribution in [1.29, 1.82) is 0 Å². The van der Waals surface area contributed by atoms with Crippen LogP contribution in [0.25, 0.3) is 11.1 Å². The third-order valence-corrected chi connectivity index (χ3v) is 3.64. The summed E-state index contributed by atoms with van der Waals surface area (Å²) in [5, 5.41) is 4.25. The predicted molar refractivity (Wildman–Crippen MR) is 72.3 cm³/mol. The lowest BCUT2D eigenvalue weighted by molar-refractivity contribution is 0.645. The minimum Gasteiger partial charge on any atom is -0.312 e. The zero-order valence-electron chi connectivity index (χ0n) is 9.54. The molecule has 0 aromatic heterocycles. The fourth-order valence-electron chi connectivity index (χ4n) is 2.45. The van der Waals surface area contributed by atoms with E-state index in [9.17, 15) is 0 Å². The summed E-state index contributed by atoms with van der Waals surface area (Å²) in [6, 6.07) is 14.6. The van der Waals surface area contributed by atoms with E-state index in [-0.39, 0.29) is 0 Å². The molecule has 0 spiro atoms. The van der Waals surface area contributed by atoms with Crippen molar-refractivity contribution in [3.8, 4) is 11.1 Å². The van der Waals surface area contributed by atoms with Gasteiger partial charge in [0.2, 0.25) is 0 Å². The van der Waals surface area contributed by atoms with Crippen molar-refractivity contribution in [3.63, 3.8) is 0 Å². The average molecular weight is 244 g/mol. The molecule has 0 fully saturated rings. The van der Waals surface area contributed by atoms with Crippen LogP contribution in [0.3, 0.4) is 0 Å². The molecule has 1 aliphatic heterocycles. The van der Waals surface area contributed by atoms with Crippen LogP contribution in [0.4, 0.5) is 0 Å². The summed E-state index contributed by atoms with van der Waals surface area (Å²) in [7, 11) is 0. The molecule has 0 amide bonds. The highest BCUT2D eigenvalue weighted by molar-refractivity contribution is 6.33. The van der Waals surface area contributed by atoms with Crippen molar-refractivity contribution in [2.24, 2.45) is 0 Å². The summed E-state index contributed by atoms with van der Waals surface area (Å²) in [6.45, 7) is 2.01. The summed E-state index contributed by atoms with van der Waals surface area (Å²) in [5.41, 5.74) is 5.24. The third-order valence-electron chi connectivity index (χ3n) is 3.31. The fourth-order valence-corrected chi connectivity index (χ4v) is 2.68. The summed E-state index contributed by atoms with van der Waals surface area (Å²) in [4.78, 5) is 0. The molecule has 0 unspecified atom stereocenters. The summed E-state index contributed by atoms with van der Waals surface area (Å²) < 4.78 is 0. The van der Waals surface area contributed by atoms with Gasteiger partial charge >= 0.3 is 0 Å². The van der Waals surface area contributed by atoms with Crippen LogP contribution in [-0.4, -0.2) is 6.54 Å². The van der Waals surface area contributed by atoms with E-state index in [4.69, 9.17) is 11.6 Å². The largest absolute Gasteiger partial charge is 0.312 e. The Morgan fingerprint density at radius 2 is 1.76 bits per heavy atom. The van der Waals surface area contributed by atoms with Crippen LogP contribution in [0.1, 0.15) is 11.1 Å². The van der Waals surface area contributed by atoms with Crippen LogP contribution in [0.15, 0.2) is 42.5 Å². The second-order valence-corrected chi connectivity index (χ2v) is 4.76. The molecule has 0 radical (unpaired) electrons. The van der Waals surface area contributed by atoms with E-state index < -0.39 is 0 Å². The standard InChI is InChI=1S/C15H14ClN/c16-15-7-2-1-5-13(15)12-6-3-4-11-8-9-17-10-14(11)12/h1-7,17H,8-10H2. The molecule has 3 rings (SSSR count). The first-order valence-electron chi connectivity index (χ1n) is 5.92. The number of hydrogen-bond acceptors (Lipinski definition) is 1. The van der Waals surface area contributed by atoms with E-state index >= 15 is 0 Å². The van der Waals surface area contributed by atoms with Gasteiger partial charge in [0.05, 0.1) is 0 Å². The number of rotatable bonds is 1. The molecule has 2 aromatic carbocycles. The van der Waals surface area contributed by atoms with Crippen LogP contribution in [-0.2, 0) is 13.0 Å². The highest BCUT2D eigenvalue weighted by atomic mass is 35.5. The minimum absolute atomic E-state index is 0.825. The van der Waals surface area contributed by atoms with Crippen LogP contribution in [0, 0.1) is 0 Å². The summed E-state index contributed by atoms with van der Waals surface area (Å²) in [6.07, 6.45) is 1.10. The Bertz CT molecular complexity index is 548. The molecule has 0 aliphatic carbocycles. The van der Waals surface area contributed by atoms with Gasteiger partial charge in [-0.15, -0.1) is 0 Å². The third kappa shape index (κ3) is 1.97. The quantitative estimate of drug-likeness (QED) is 0.806. The molecule has 2 heteroatoms. The Kier molecular flexibility index (Phi) is 2.87. The molecule has 0 saturated carbocycles. The zero-order valence-corrected chi connectivity index (χ0v) is 10.3. The Morgan fingerprint density at radius 3 is 2.65 bits per heavy atom. The number of nitrogens with one attached hydrogen (secondary N) is 1. The first kappa shape index (κ1) is 10.8. The number of fused-ring (bicyclic) bond motifs is 1. The van der Waals surface area contributed by atoms with Gasteiger partial charge in [-0.2, -0.15) is 0 Å². The second-order valence-electron chi connectivity index (χ2n) is 4.35. The maximum absolute atomic E-state index is 6.28. The SMILES string of the molecule is Clc1ccccc1-c1cccc2c1CNCC2. The summed E-state index contributed by atoms with van der Waals surface area (Å²) in [5.74, 6) is 0. The van der Waals surface area contributed by atoms with Gasteiger partial charge in [0, 0.05) is 17.1 Å². The molecule has 1 aliphatic rings. The highest BCUT2D eigenvalue weighted by Gasteiger charge is 2.14. The first-order valence-corrected chi connectivity index (χ1v) is 6.30.